The number of H-pyrrole nitrogens is 1. The number of Topliss-reactive ketones (excluding diaryl/α,β-unsaturated/α-hetero) is 1. The van der Waals surface area contributed by atoms with Crippen LogP contribution in [0.5, 0.6) is 0 Å². The molecule has 2 unspecified atom stereocenters. The van der Waals surface area contributed by atoms with Crippen LogP contribution in [0.3, 0.4) is 0 Å². The number of amides is 2. The lowest BCUT2D eigenvalue weighted by Crippen LogP contribution is -2.52. The maximum absolute atomic E-state index is 14.2. The van der Waals surface area contributed by atoms with Gasteiger partial charge in [0.05, 0.1) is 31.1 Å². The zero-order valence-corrected chi connectivity index (χ0v) is 20.5. The first-order valence-electron chi connectivity index (χ1n) is 13.1. The number of ketones is 1. The second-order valence-electron chi connectivity index (χ2n) is 10.6. The van der Waals surface area contributed by atoms with E-state index < -0.39 is 5.82 Å². The summed E-state index contributed by atoms with van der Waals surface area (Å²) in [6.07, 6.45) is 5.45. The van der Waals surface area contributed by atoms with Crippen LogP contribution in [0.2, 0.25) is 0 Å². The fourth-order valence-corrected chi connectivity index (χ4v) is 6.43. The number of rotatable bonds is 2. The van der Waals surface area contributed by atoms with E-state index in [2.05, 4.69) is 32.4 Å². The smallest absolute Gasteiger partial charge is 0.320 e. The van der Waals surface area contributed by atoms with Gasteiger partial charge in [0.2, 0.25) is 0 Å². The van der Waals surface area contributed by atoms with Crippen LogP contribution in [-0.4, -0.2) is 76.0 Å². The van der Waals surface area contributed by atoms with Crippen molar-refractivity contribution in [3.05, 3.63) is 47.0 Å². The van der Waals surface area contributed by atoms with Crippen LogP contribution in [0.1, 0.15) is 35.6 Å². The molecular formula is C27H29FN6O3. The molecule has 3 atom stereocenters. The van der Waals surface area contributed by atoms with Crippen LogP contribution in [-0.2, 0) is 22.5 Å². The Morgan fingerprint density at radius 1 is 1.16 bits per heavy atom. The molecule has 1 saturated carbocycles. The molecule has 1 aromatic carbocycles. The number of carbonyl (C=O) groups excluding carboxylic acids is 2. The lowest BCUT2D eigenvalue weighted by atomic mass is 9.88. The van der Waals surface area contributed by atoms with E-state index in [-0.39, 0.29) is 29.4 Å². The molecule has 0 radical (unpaired) electrons. The third-order valence-corrected chi connectivity index (χ3v) is 8.39. The van der Waals surface area contributed by atoms with Crippen molar-refractivity contribution >= 4 is 23.0 Å². The number of likely N-dealkylation sites (tertiary alicyclic amines) is 1. The number of hydrogen-bond donors (Lipinski definition) is 2. The third kappa shape index (κ3) is 3.90. The lowest BCUT2D eigenvalue weighted by molar-refractivity contribution is -0.126. The summed E-state index contributed by atoms with van der Waals surface area (Å²) in [4.78, 5) is 41.4. The molecule has 3 fully saturated rings. The molecule has 2 N–H and O–H groups in total. The number of fused-ring (bicyclic) bond motifs is 4. The fourth-order valence-electron chi connectivity index (χ4n) is 6.43. The monoisotopic (exact) mass is 504 g/mol. The highest BCUT2D eigenvalue weighted by molar-refractivity contribution is 5.88. The van der Waals surface area contributed by atoms with Crippen LogP contribution in [0, 0.1) is 17.7 Å². The number of carbonyl (C=O) groups is 2. The standard InChI is InChI=1S/C27H29FN6O3/c28-21-9-30-26-24(21)32-22(10-31-26)18-7-15-3-5-33(13-20(15)19(8-18)23-14-37-6-4-29-23)27(36)34-11-16-1-2-17(12-34)25(16)35/h7-10,16-17,23,29H,1-6,11-14H2,(H,30,31)/t16?,17?,23-/m0/s1. The Morgan fingerprint density at radius 2 is 2.00 bits per heavy atom. The number of aromatic amines is 1. The maximum atomic E-state index is 14.2. The minimum absolute atomic E-state index is 0.00444. The number of halogens is 1. The first-order chi connectivity index (χ1) is 18.0. The summed E-state index contributed by atoms with van der Waals surface area (Å²) in [5.74, 6) is -0.0755. The van der Waals surface area contributed by atoms with Crippen molar-refractivity contribution < 1.29 is 18.7 Å². The van der Waals surface area contributed by atoms with Gasteiger partial charge in [-0.15, -0.1) is 0 Å². The summed E-state index contributed by atoms with van der Waals surface area (Å²) in [6.45, 7) is 4.15. The number of piperidine rings is 1. The summed E-state index contributed by atoms with van der Waals surface area (Å²) >= 11 is 0. The third-order valence-electron chi connectivity index (χ3n) is 8.39. The van der Waals surface area contributed by atoms with Crippen molar-refractivity contribution in [2.45, 2.75) is 31.8 Å². The highest BCUT2D eigenvalue weighted by atomic mass is 19.1. The van der Waals surface area contributed by atoms with Gasteiger partial charge in [-0.1, -0.05) is 0 Å². The molecule has 10 heteroatoms. The second kappa shape index (κ2) is 8.88. The Balaban J connectivity index is 1.22. The van der Waals surface area contributed by atoms with Crippen LogP contribution >= 0.6 is 0 Å². The van der Waals surface area contributed by atoms with Crippen molar-refractivity contribution in [2.24, 2.45) is 11.8 Å². The fraction of sp³-hybridized carbons (Fsp3) is 0.481. The van der Waals surface area contributed by atoms with E-state index in [0.29, 0.717) is 62.9 Å². The highest BCUT2D eigenvalue weighted by Gasteiger charge is 2.43. The van der Waals surface area contributed by atoms with Gasteiger partial charge in [-0.3, -0.25) is 4.79 Å². The molecule has 3 aliphatic heterocycles. The van der Waals surface area contributed by atoms with Crippen LogP contribution in [0.15, 0.2) is 24.5 Å². The van der Waals surface area contributed by atoms with Crippen LogP contribution in [0.25, 0.3) is 22.4 Å². The number of nitrogens with one attached hydrogen (secondary N) is 2. The van der Waals surface area contributed by atoms with Crippen molar-refractivity contribution in [1.29, 1.82) is 0 Å². The van der Waals surface area contributed by atoms with E-state index in [9.17, 15) is 14.0 Å². The van der Waals surface area contributed by atoms with Gasteiger partial charge in [0.15, 0.2) is 11.5 Å². The molecule has 2 aromatic heterocycles. The predicted molar refractivity (Wildman–Crippen MR) is 133 cm³/mol. The number of ether oxygens (including phenoxy) is 1. The second-order valence-corrected chi connectivity index (χ2v) is 10.6. The quantitative estimate of drug-likeness (QED) is 0.556. The van der Waals surface area contributed by atoms with E-state index in [1.807, 2.05) is 9.80 Å². The zero-order chi connectivity index (χ0) is 25.1. The summed E-state index contributed by atoms with van der Waals surface area (Å²) in [6, 6.07) is 4.20. The van der Waals surface area contributed by atoms with Crippen molar-refractivity contribution in [3.8, 4) is 11.3 Å². The summed E-state index contributed by atoms with van der Waals surface area (Å²) in [7, 11) is 0. The molecule has 192 valence electrons. The maximum Gasteiger partial charge on any atom is 0.320 e. The molecule has 2 bridgehead atoms. The minimum atomic E-state index is -0.424. The Morgan fingerprint density at radius 3 is 2.78 bits per heavy atom. The molecule has 2 saturated heterocycles. The molecular weight excluding hydrogens is 475 g/mol. The van der Waals surface area contributed by atoms with Crippen molar-refractivity contribution in [3.63, 3.8) is 0 Å². The van der Waals surface area contributed by atoms with Gasteiger partial charge in [0.25, 0.3) is 0 Å². The average molecular weight is 505 g/mol. The normalized spacial score (nSPS) is 25.5. The van der Waals surface area contributed by atoms with E-state index in [1.165, 1.54) is 6.20 Å². The van der Waals surface area contributed by atoms with Gasteiger partial charge in [-0.2, -0.15) is 0 Å². The molecule has 3 aromatic rings. The van der Waals surface area contributed by atoms with Gasteiger partial charge in [-0.05, 0) is 48.1 Å². The number of nitrogens with zero attached hydrogens (tertiary/aromatic N) is 4. The van der Waals surface area contributed by atoms with E-state index in [4.69, 9.17) is 4.74 Å². The number of morpholine rings is 1. The topological polar surface area (TPSA) is 103 Å². The summed E-state index contributed by atoms with van der Waals surface area (Å²) < 4.78 is 20.0. The van der Waals surface area contributed by atoms with Gasteiger partial charge >= 0.3 is 6.03 Å². The number of urea groups is 1. The number of hydrogen-bond acceptors (Lipinski definition) is 6. The van der Waals surface area contributed by atoms with Crippen molar-refractivity contribution in [2.75, 3.05) is 39.4 Å². The summed E-state index contributed by atoms with van der Waals surface area (Å²) in [5, 5.41) is 3.55. The molecule has 0 spiro atoms. The van der Waals surface area contributed by atoms with Gasteiger partial charge in [0, 0.05) is 56.3 Å². The first kappa shape index (κ1) is 22.8. The average Bonchev–Trinajstić information content (AvgIpc) is 3.38. The molecule has 4 aliphatic rings. The molecule has 2 amide bonds. The Kier molecular flexibility index (Phi) is 5.47. The Hall–Kier alpha value is -3.37. The zero-order valence-electron chi connectivity index (χ0n) is 20.5. The molecule has 9 nitrogen and oxygen atoms in total. The van der Waals surface area contributed by atoms with E-state index in [0.717, 1.165) is 41.6 Å². The number of benzene rings is 1. The first-order valence-corrected chi connectivity index (χ1v) is 13.1. The van der Waals surface area contributed by atoms with Gasteiger partial charge in [-0.25, -0.2) is 19.2 Å². The molecule has 7 rings (SSSR count). The van der Waals surface area contributed by atoms with E-state index >= 15 is 0 Å². The SMILES string of the molecule is O=C1C2CCC1CN(C(=O)N1CCc3cc(-c4cnc5[nH]cc(F)c5n4)cc([C@@H]4COCCN4)c3C1)C2. The van der Waals surface area contributed by atoms with Gasteiger partial charge in [0.1, 0.15) is 11.3 Å². The van der Waals surface area contributed by atoms with Crippen molar-refractivity contribution in [1.82, 2.24) is 30.1 Å². The largest absolute Gasteiger partial charge is 0.378 e. The van der Waals surface area contributed by atoms with E-state index in [1.54, 1.807) is 6.20 Å². The number of aromatic nitrogens is 3. The Labute approximate surface area is 213 Å². The highest BCUT2D eigenvalue weighted by Crippen LogP contribution is 2.36. The predicted octanol–water partition coefficient (Wildman–Crippen LogP) is 2.81. The van der Waals surface area contributed by atoms with Crippen LogP contribution in [0.4, 0.5) is 9.18 Å². The Bertz CT molecular complexity index is 1380. The molecule has 1 aliphatic carbocycles. The van der Waals surface area contributed by atoms with Gasteiger partial charge < -0.3 is 24.8 Å². The van der Waals surface area contributed by atoms with Crippen LogP contribution < -0.4 is 5.32 Å². The molecule has 37 heavy (non-hydrogen) atoms. The summed E-state index contributed by atoms with van der Waals surface area (Å²) in [5.41, 5.74) is 5.50. The minimum Gasteiger partial charge on any atom is -0.378 e. The molecule has 5 heterocycles. The lowest BCUT2D eigenvalue weighted by Gasteiger charge is -2.38.